The maximum absolute atomic E-state index is 12.3. The van der Waals surface area contributed by atoms with Crippen molar-refractivity contribution in [3.05, 3.63) is 18.2 Å². The number of amides is 2. The summed E-state index contributed by atoms with van der Waals surface area (Å²) in [7, 11) is 0. The van der Waals surface area contributed by atoms with E-state index in [4.69, 9.17) is 9.47 Å². The highest BCUT2D eigenvalue weighted by Crippen LogP contribution is 2.34. The lowest BCUT2D eigenvalue weighted by atomic mass is 9.91. The minimum Gasteiger partial charge on any atom is -0.454 e. The van der Waals surface area contributed by atoms with Crippen LogP contribution in [0.3, 0.4) is 0 Å². The van der Waals surface area contributed by atoms with Crippen molar-refractivity contribution in [2.45, 2.75) is 27.2 Å². The van der Waals surface area contributed by atoms with E-state index in [1.807, 2.05) is 6.92 Å². The molecule has 6 nitrogen and oxygen atoms in total. The fraction of sp³-hybridized carbons (Fsp3) is 0.467. The van der Waals surface area contributed by atoms with Gasteiger partial charge in [0.1, 0.15) is 5.41 Å². The highest BCUT2D eigenvalue weighted by Gasteiger charge is 2.35. The van der Waals surface area contributed by atoms with Crippen molar-refractivity contribution >= 4 is 17.5 Å². The Morgan fingerprint density at radius 2 is 1.90 bits per heavy atom. The van der Waals surface area contributed by atoms with Crippen LogP contribution in [0.25, 0.3) is 0 Å². The molecule has 1 aromatic carbocycles. The van der Waals surface area contributed by atoms with E-state index in [0.29, 0.717) is 23.7 Å². The second-order valence-electron chi connectivity index (χ2n) is 5.40. The van der Waals surface area contributed by atoms with Gasteiger partial charge in [0.2, 0.25) is 18.6 Å². The minimum absolute atomic E-state index is 0.178. The number of fused-ring (bicyclic) bond motifs is 1. The van der Waals surface area contributed by atoms with Gasteiger partial charge < -0.3 is 20.1 Å². The van der Waals surface area contributed by atoms with E-state index in [0.717, 1.165) is 6.42 Å². The Morgan fingerprint density at radius 3 is 2.62 bits per heavy atom. The summed E-state index contributed by atoms with van der Waals surface area (Å²) in [5.41, 5.74) is -0.577. The van der Waals surface area contributed by atoms with Gasteiger partial charge in [-0.2, -0.15) is 0 Å². The fourth-order valence-corrected chi connectivity index (χ4v) is 1.82. The van der Waals surface area contributed by atoms with Crippen LogP contribution in [0.5, 0.6) is 11.5 Å². The molecule has 21 heavy (non-hydrogen) atoms. The third-order valence-electron chi connectivity index (χ3n) is 3.30. The number of nitrogens with one attached hydrogen (secondary N) is 2. The van der Waals surface area contributed by atoms with Crippen molar-refractivity contribution in [3.63, 3.8) is 0 Å². The van der Waals surface area contributed by atoms with Gasteiger partial charge in [-0.1, -0.05) is 6.92 Å². The molecule has 6 heteroatoms. The van der Waals surface area contributed by atoms with Crippen molar-refractivity contribution in [3.8, 4) is 11.5 Å². The van der Waals surface area contributed by atoms with Gasteiger partial charge in [-0.3, -0.25) is 9.59 Å². The number of hydrogen-bond acceptors (Lipinski definition) is 4. The summed E-state index contributed by atoms with van der Waals surface area (Å²) in [5.74, 6) is 0.576. The number of benzene rings is 1. The maximum Gasteiger partial charge on any atom is 0.239 e. The van der Waals surface area contributed by atoms with Gasteiger partial charge in [-0.25, -0.2) is 0 Å². The summed E-state index contributed by atoms with van der Waals surface area (Å²) in [6.07, 6.45) is 0.825. The van der Waals surface area contributed by atoms with Gasteiger partial charge in [-0.05, 0) is 32.4 Å². The molecule has 114 valence electrons. The van der Waals surface area contributed by atoms with E-state index in [1.165, 1.54) is 0 Å². The van der Waals surface area contributed by atoms with E-state index in [1.54, 1.807) is 32.0 Å². The van der Waals surface area contributed by atoms with Gasteiger partial charge in [0.25, 0.3) is 0 Å². The van der Waals surface area contributed by atoms with Crippen LogP contribution in [0, 0.1) is 5.41 Å². The molecule has 0 unspecified atom stereocenters. The molecule has 0 saturated heterocycles. The van der Waals surface area contributed by atoms with Crippen molar-refractivity contribution in [2.24, 2.45) is 5.41 Å². The first-order valence-electron chi connectivity index (χ1n) is 6.94. The van der Waals surface area contributed by atoms with E-state index in [2.05, 4.69) is 10.6 Å². The maximum atomic E-state index is 12.3. The summed E-state index contributed by atoms with van der Waals surface area (Å²) in [6.45, 7) is 5.89. The number of rotatable bonds is 5. The first-order chi connectivity index (χ1) is 9.95. The Hall–Kier alpha value is -2.24. The van der Waals surface area contributed by atoms with E-state index < -0.39 is 5.41 Å². The Morgan fingerprint density at radius 1 is 1.19 bits per heavy atom. The summed E-state index contributed by atoms with van der Waals surface area (Å²) in [4.78, 5) is 24.3. The minimum atomic E-state index is -1.15. The van der Waals surface area contributed by atoms with Crippen molar-refractivity contribution < 1.29 is 19.1 Å². The first-order valence-corrected chi connectivity index (χ1v) is 6.94. The van der Waals surface area contributed by atoms with Crippen LogP contribution >= 0.6 is 0 Å². The molecule has 0 saturated carbocycles. The zero-order valence-electron chi connectivity index (χ0n) is 12.5. The largest absolute Gasteiger partial charge is 0.454 e. The molecule has 2 rings (SSSR count). The number of carbonyl (C=O) groups is 2. The topological polar surface area (TPSA) is 76.7 Å². The molecule has 2 amide bonds. The predicted molar refractivity (Wildman–Crippen MR) is 78.3 cm³/mol. The van der Waals surface area contributed by atoms with Crippen LogP contribution < -0.4 is 20.1 Å². The highest BCUT2D eigenvalue weighted by molar-refractivity contribution is 6.09. The molecule has 0 aliphatic carbocycles. The molecule has 1 aromatic rings. The Balaban J connectivity index is 2.04. The molecule has 1 aliphatic heterocycles. The van der Waals surface area contributed by atoms with Crippen LogP contribution in [-0.2, 0) is 9.59 Å². The summed E-state index contributed by atoms with van der Waals surface area (Å²) >= 11 is 0. The van der Waals surface area contributed by atoms with Crippen LogP contribution in [-0.4, -0.2) is 25.2 Å². The number of hydrogen-bond donors (Lipinski definition) is 2. The third kappa shape index (κ3) is 3.26. The molecular weight excluding hydrogens is 272 g/mol. The average Bonchev–Trinajstić information content (AvgIpc) is 2.91. The zero-order valence-corrected chi connectivity index (χ0v) is 12.5. The molecule has 1 aliphatic rings. The highest BCUT2D eigenvalue weighted by atomic mass is 16.7. The van der Waals surface area contributed by atoms with Gasteiger partial charge in [0, 0.05) is 18.3 Å². The molecule has 0 spiro atoms. The predicted octanol–water partition coefficient (Wildman–Crippen LogP) is 1.91. The van der Waals surface area contributed by atoms with Gasteiger partial charge in [-0.15, -0.1) is 0 Å². The number of carbonyl (C=O) groups excluding carboxylic acids is 2. The van der Waals surface area contributed by atoms with E-state index in [9.17, 15) is 9.59 Å². The van der Waals surface area contributed by atoms with Crippen LogP contribution in [0.1, 0.15) is 27.2 Å². The average molecular weight is 292 g/mol. The lowest BCUT2D eigenvalue weighted by molar-refractivity contribution is -0.138. The molecule has 1 heterocycles. The van der Waals surface area contributed by atoms with Crippen molar-refractivity contribution in [1.82, 2.24) is 5.32 Å². The smallest absolute Gasteiger partial charge is 0.239 e. The first kappa shape index (κ1) is 15.2. The Labute approximate surface area is 123 Å². The molecule has 0 bridgehead atoms. The molecule has 0 radical (unpaired) electrons. The second kappa shape index (κ2) is 6.03. The van der Waals surface area contributed by atoms with Gasteiger partial charge in [0.15, 0.2) is 11.5 Å². The number of ether oxygens (including phenoxy) is 2. The molecule has 0 fully saturated rings. The molecule has 0 aromatic heterocycles. The lowest BCUT2D eigenvalue weighted by Gasteiger charge is -2.22. The number of anilines is 1. The lowest BCUT2D eigenvalue weighted by Crippen LogP contribution is -2.45. The van der Waals surface area contributed by atoms with E-state index >= 15 is 0 Å². The monoisotopic (exact) mass is 292 g/mol. The van der Waals surface area contributed by atoms with Crippen LogP contribution in [0.15, 0.2) is 18.2 Å². The van der Waals surface area contributed by atoms with Crippen molar-refractivity contribution in [2.75, 3.05) is 18.7 Å². The molecule has 0 atom stereocenters. The summed E-state index contributed by atoms with van der Waals surface area (Å²) < 4.78 is 10.5. The Kier molecular flexibility index (Phi) is 4.35. The summed E-state index contributed by atoms with van der Waals surface area (Å²) in [6, 6.07) is 5.12. The van der Waals surface area contributed by atoms with Gasteiger partial charge >= 0.3 is 0 Å². The molecule has 2 N–H and O–H groups in total. The fourth-order valence-electron chi connectivity index (χ4n) is 1.82. The molecular formula is C15H20N2O4. The van der Waals surface area contributed by atoms with Crippen molar-refractivity contribution in [1.29, 1.82) is 0 Å². The quantitative estimate of drug-likeness (QED) is 0.813. The van der Waals surface area contributed by atoms with Gasteiger partial charge in [0.05, 0.1) is 0 Å². The normalized spacial score (nSPS) is 12.9. The SMILES string of the molecule is CCCNC(=O)C(C)(C)C(=O)Nc1ccc2c(c1)OCO2. The zero-order chi connectivity index (χ0) is 15.5. The van der Waals surface area contributed by atoms with Crippen LogP contribution in [0.4, 0.5) is 5.69 Å². The Bertz CT molecular complexity index is 555. The summed E-state index contributed by atoms with van der Waals surface area (Å²) in [5, 5.41) is 5.47. The van der Waals surface area contributed by atoms with E-state index in [-0.39, 0.29) is 18.6 Å². The third-order valence-corrected chi connectivity index (χ3v) is 3.30. The second-order valence-corrected chi connectivity index (χ2v) is 5.40. The standard InChI is InChI=1S/C15H20N2O4/c1-4-7-16-13(18)15(2,3)14(19)17-10-5-6-11-12(8-10)21-9-20-11/h5-6,8H,4,7,9H2,1-3H3,(H,16,18)(H,17,19). The van der Waals surface area contributed by atoms with Crippen LogP contribution in [0.2, 0.25) is 0 Å².